The van der Waals surface area contributed by atoms with Gasteiger partial charge < -0.3 is 0 Å². The predicted octanol–water partition coefficient (Wildman–Crippen LogP) is 3.10. The third-order valence-corrected chi connectivity index (χ3v) is 3.36. The average molecular weight is 276 g/mol. The summed E-state index contributed by atoms with van der Waals surface area (Å²) in [4.78, 5) is 4.32. The van der Waals surface area contributed by atoms with Crippen molar-refractivity contribution in [3.05, 3.63) is 63.9 Å². The van der Waals surface area contributed by atoms with Gasteiger partial charge in [-0.3, -0.25) is 16.3 Å². The molecule has 0 aliphatic heterocycles. The molecule has 1 heterocycles. The third-order valence-electron chi connectivity index (χ3n) is 3.04. The number of halogens is 1. The highest BCUT2D eigenvalue weighted by Gasteiger charge is 2.15. The molecule has 0 aliphatic carbocycles. The predicted molar refractivity (Wildman–Crippen MR) is 78.9 cm³/mol. The molecule has 0 bridgehead atoms. The van der Waals surface area contributed by atoms with E-state index in [0.717, 1.165) is 12.1 Å². The van der Waals surface area contributed by atoms with Crippen LogP contribution in [0.4, 0.5) is 0 Å². The van der Waals surface area contributed by atoms with Crippen molar-refractivity contribution in [2.45, 2.75) is 26.3 Å². The molecule has 2 aromatic rings. The van der Waals surface area contributed by atoms with Gasteiger partial charge in [-0.05, 0) is 38.0 Å². The molecule has 0 amide bonds. The molecule has 100 valence electrons. The SMILES string of the molecule is Cc1cc(C)cc(CC(NN)c2ncccc2Cl)c1. The quantitative estimate of drug-likeness (QED) is 0.666. The first-order valence-electron chi connectivity index (χ1n) is 6.24. The fourth-order valence-electron chi connectivity index (χ4n) is 2.31. The van der Waals surface area contributed by atoms with E-state index in [1.807, 2.05) is 12.1 Å². The van der Waals surface area contributed by atoms with Gasteiger partial charge in [0.25, 0.3) is 0 Å². The molecule has 0 radical (unpaired) electrons. The highest BCUT2D eigenvalue weighted by molar-refractivity contribution is 6.31. The number of rotatable bonds is 4. The van der Waals surface area contributed by atoms with Gasteiger partial charge in [0, 0.05) is 6.20 Å². The number of pyridine rings is 1. The summed E-state index contributed by atoms with van der Waals surface area (Å²) >= 11 is 6.17. The Kier molecular flexibility index (Phi) is 4.53. The van der Waals surface area contributed by atoms with Crippen LogP contribution in [0.2, 0.25) is 5.02 Å². The van der Waals surface area contributed by atoms with E-state index in [-0.39, 0.29) is 6.04 Å². The van der Waals surface area contributed by atoms with Gasteiger partial charge in [0.15, 0.2) is 0 Å². The summed E-state index contributed by atoms with van der Waals surface area (Å²) in [5.41, 5.74) is 7.30. The van der Waals surface area contributed by atoms with Crippen LogP contribution in [0.1, 0.15) is 28.4 Å². The number of hydrazine groups is 1. The van der Waals surface area contributed by atoms with Crippen molar-refractivity contribution in [3.63, 3.8) is 0 Å². The summed E-state index contributed by atoms with van der Waals surface area (Å²) in [5, 5.41) is 0.634. The molecular weight excluding hydrogens is 258 g/mol. The minimum absolute atomic E-state index is 0.0881. The van der Waals surface area contributed by atoms with Crippen LogP contribution in [0.5, 0.6) is 0 Å². The summed E-state index contributed by atoms with van der Waals surface area (Å²) in [6, 6.07) is 10.0. The number of hydrogen-bond acceptors (Lipinski definition) is 3. The van der Waals surface area contributed by atoms with Gasteiger partial charge >= 0.3 is 0 Å². The fourth-order valence-corrected chi connectivity index (χ4v) is 2.56. The van der Waals surface area contributed by atoms with E-state index in [1.54, 1.807) is 6.20 Å². The van der Waals surface area contributed by atoms with Gasteiger partial charge in [0.1, 0.15) is 0 Å². The first-order valence-corrected chi connectivity index (χ1v) is 6.61. The molecule has 19 heavy (non-hydrogen) atoms. The summed E-state index contributed by atoms with van der Waals surface area (Å²) in [5.74, 6) is 5.65. The number of benzene rings is 1. The lowest BCUT2D eigenvalue weighted by molar-refractivity contribution is 0.538. The summed E-state index contributed by atoms with van der Waals surface area (Å²) in [7, 11) is 0. The van der Waals surface area contributed by atoms with Gasteiger partial charge in [0.2, 0.25) is 0 Å². The normalized spacial score (nSPS) is 12.4. The van der Waals surface area contributed by atoms with E-state index < -0.39 is 0 Å². The highest BCUT2D eigenvalue weighted by atomic mass is 35.5. The van der Waals surface area contributed by atoms with Crippen LogP contribution in [0.25, 0.3) is 0 Å². The van der Waals surface area contributed by atoms with Gasteiger partial charge in [-0.1, -0.05) is 40.9 Å². The molecular formula is C15H18ClN3. The van der Waals surface area contributed by atoms with Crippen LogP contribution < -0.4 is 11.3 Å². The van der Waals surface area contributed by atoms with Crippen molar-refractivity contribution in [1.82, 2.24) is 10.4 Å². The maximum absolute atomic E-state index is 6.17. The van der Waals surface area contributed by atoms with Crippen LogP contribution in [0.3, 0.4) is 0 Å². The molecule has 1 unspecified atom stereocenters. The minimum Gasteiger partial charge on any atom is -0.271 e. The molecule has 0 aliphatic rings. The summed E-state index contributed by atoms with van der Waals surface area (Å²) in [6.07, 6.45) is 2.49. The zero-order valence-corrected chi connectivity index (χ0v) is 11.9. The Morgan fingerprint density at radius 3 is 2.53 bits per heavy atom. The molecule has 1 aromatic heterocycles. The topological polar surface area (TPSA) is 50.9 Å². The Morgan fingerprint density at radius 1 is 1.26 bits per heavy atom. The van der Waals surface area contributed by atoms with Crippen molar-refractivity contribution in [3.8, 4) is 0 Å². The Morgan fingerprint density at radius 2 is 1.95 bits per heavy atom. The lowest BCUT2D eigenvalue weighted by Crippen LogP contribution is -2.30. The number of hydrogen-bond donors (Lipinski definition) is 2. The van der Waals surface area contributed by atoms with Crippen LogP contribution in [-0.2, 0) is 6.42 Å². The Hall–Kier alpha value is -1.42. The summed E-state index contributed by atoms with van der Waals surface area (Å²) in [6.45, 7) is 4.18. The van der Waals surface area contributed by atoms with Gasteiger partial charge in [-0.2, -0.15) is 0 Å². The lowest BCUT2D eigenvalue weighted by atomic mass is 9.99. The number of nitrogens with one attached hydrogen (secondary N) is 1. The van der Waals surface area contributed by atoms with Crippen LogP contribution in [-0.4, -0.2) is 4.98 Å². The molecule has 2 rings (SSSR count). The number of nitrogens with zero attached hydrogens (tertiary/aromatic N) is 1. The van der Waals surface area contributed by atoms with Crippen LogP contribution >= 0.6 is 11.6 Å². The second-order valence-corrected chi connectivity index (χ2v) is 5.20. The molecule has 4 heteroatoms. The average Bonchev–Trinajstić information content (AvgIpc) is 2.36. The second kappa shape index (κ2) is 6.15. The molecule has 3 N–H and O–H groups in total. The van der Waals surface area contributed by atoms with Gasteiger partial charge in [-0.15, -0.1) is 0 Å². The van der Waals surface area contributed by atoms with Gasteiger partial charge in [-0.25, -0.2) is 0 Å². The number of nitrogens with two attached hydrogens (primary N) is 1. The van der Waals surface area contributed by atoms with Crippen molar-refractivity contribution in [1.29, 1.82) is 0 Å². The molecule has 0 fully saturated rings. The lowest BCUT2D eigenvalue weighted by Gasteiger charge is -2.17. The van der Waals surface area contributed by atoms with E-state index in [4.69, 9.17) is 17.4 Å². The van der Waals surface area contributed by atoms with E-state index >= 15 is 0 Å². The van der Waals surface area contributed by atoms with E-state index in [0.29, 0.717) is 5.02 Å². The Labute approximate surface area is 118 Å². The van der Waals surface area contributed by atoms with E-state index in [2.05, 4.69) is 42.5 Å². The number of aromatic nitrogens is 1. The summed E-state index contributed by atoms with van der Waals surface area (Å²) < 4.78 is 0. The third kappa shape index (κ3) is 3.53. The molecule has 0 saturated carbocycles. The first kappa shape index (κ1) is 14.0. The number of aryl methyl sites for hydroxylation is 2. The fraction of sp³-hybridized carbons (Fsp3) is 0.267. The zero-order chi connectivity index (χ0) is 13.8. The maximum Gasteiger partial charge on any atom is 0.0775 e. The second-order valence-electron chi connectivity index (χ2n) is 4.79. The van der Waals surface area contributed by atoms with Crippen LogP contribution in [0.15, 0.2) is 36.5 Å². The Balaban J connectivity index is 2.26. The van der Waals surface area contributed by atoms with Gasteiger partial charge in [0.05, 0.1) is 16.8 Å². The molecule has 0 spiro atoms. The van der Waals surface area contributed by atoms with E-state index in [9.17, 15) is 0 Å². The molecule has 3 nitrogen and oxygen atoms in total. The standard InChI is InChI=1S/C15H18ClN3/c1-10-6-11(2)8-12(7-10)9-14(19-17)15-13(16)4-3-5-18-15/h3-8,14,19H,9,17H2,1-2H3. The molecule has 1 aromatic carbocycles. The van der Waals surface area contributed by atoms with Crippen molar-refractivity contribution in [2.24, 2.45) is 5.84 Å². The highest BCUT2D eigenvalue weighted by Crippen LogP contribution is 2.23. The largest absolute Gasteiger partial charge is 0.271 e. The zero-order valence-electron chi connectivity index (χ0n) is 11.2. The minimum atomic E-state index is -0.0881. The maximum atomic E-state index is 6.17. The molecule has 0 saturated heterocycles. The van der Waals surface area contributed by atoms with Crippen molar-refractivity contribution < 1.29 is 0 Å². The first-order chi connectivity index (χ1) is 9.10. The van der Waals surface area contributed by atoms with E-state index in [1.165, 1.54) is 16.7 Å². The monoisotopic (exact) mass is 275 g/mol. The van der Waals surface area contributed by atoms with Crippen LogP contribution in [0, 0.1) is 13.8 Å². The smallest absolute Gasteiger partial charge is 0.0775 e. The van der Waals surface area contributed by atoms with Crippen molar-refractivity contribution in [2.75, 3.05) is 0 Å². The Bertz CT molecular complexity index is 549. The molecule has 1 atom stereocenters. The van der Waals surface area contributed by atoms with Crippen molar-refractivity contribution >= 4 is 11.6 Å².